The predicted octanol–water partition coefficient (Wildman–Crippen LogP) is 0.500. The van der Waals surface area contributed by atoms with Gasteiger partial charge in [-0.1, -0.05) is 13.8 Å². The Hall–Kier alpha value is -1.43. The second-order valence-corrected chi connectivity index (χ2v) is 5.09. The van der Waals surface area contributed by atoms with Gasteiger partial charge in [0.2, 0.25) is 5.91 Å². The van der Waals surface area contributed by atoms with Gasteiger partial charge in [-0.3, -0.25) is 10.1 Å². The number of amides is 1. The number of nitrogens with zero attached hydrogens (tertiary/aromatic N) is 4. The molecule has 18 heavy (non-hydrogen) atoms. The maximum Gasteiger partial charge on any atom is 0.238 e. The van der Waals surface area contributed by atoms with Crippen LogP contribution in [0, 0.1) is 5.92 Å². The number of aromatic nitrogens is 3. The van der Waals surface area contributed by atoms with Crippen LogP contribution < -0.4 is 5.32 Å². The number of likely N-dealkylation sites (N-methyl/N-ethyl adjacent to an activating group) is 1. The highest BCUT2D eigenvalue weighted by molar-refractivity contribution is 5.80. The normalized spacial score (nSPS) is 12.8. The molecule has 0 aliphatic carbocycles. The fourth-order valence-corrected chi connectivity index (χ4v) is 1.64. The summed E-state index contributed by atoms with van der Waals surface area (Å²) in [5.74, 6) is 1.44. The Labute approximate surface area is 108 Å². The van der Waals surface area contributed by atoms with E-state index in [0.717, 1.165) is 12.4 Å². The number of rotatable bonds is 6. The van der Waals surface area contributed by atoms with Crippen molar-refractivity contribution in [2.45, 2.75) is 39.9 Å². The number of nitrogens with one attached hydrogen (secondary N) is 1. The zero-order valence-electron chi connectivity index (χ0n) is 11.8. The molecule has 1 aromatic rings. The molecule has 0 bridgehead atoms. The summed E-state index contributed by atoms with van der Waals surface area (Å²) < 4.78 is 1.88. The molecule has 1 heterocycles. The minimum Gasteiger partial charge on any atom is -0.347 e. The van der Waals surface area contributed by atoms with Crippen LogP contribution in [0.5, 0.6) is 0 Å². The lowest BCUT2D eigenvalue weighted by atomic mass is 10.2. The molecule has 0 fully saturated rings. The molecule has 1 aromatic heterocycles. The van der Waals surface area contributed by atoms with Crippen LogP contribution in [0.25, 0.3) is 0 Å². The van der Waals surface area contributed by atoms with E-state index in [9.17, 15) is 4.79 Å². The van der Waals surface area contributed by atoms with Crippen molar-refractivity contribution in [3.63, 3.8) is 0 Å². The van der Waals surface area contributed by atoms with Crippen LogP contribution in [0.4, 0.5) is 0 Å². The van der Waals surface area contributed by atoms with Crippen LogP contribution in [0.1, 0.15) is 26.6 Å². The third-order valence-corrected chi connectivity index (χ3v) is 2.61. The summed E-state index contributed by atoms with van der Waals surface area (Å²) in [6.07, 6.45) is 1.55. The molecule has 102 valence electrons. The maximum atomic E-state index is 11.7. The molecule has 0 radical (unpaired) electrons. The van der Waals surface area contributed by atoms with Gasteiger partial charge in [-0.25, -0.2) is 9.67 Å². The number of hydrogen-bond acceptors (Lipinski definition) is 4. The number of carbonyl (C=O) groups excluding carboxylic acids is 1. The van der Waals surface area contributed by atoms with Crippen molar-refractivity contribution in [1.82, 2.24) is 25.0 Å². The molecular formula is C12H23N5O. The fraction of sp³-hybridized carbons (Fsp3) is 0.750. The topological polar surface area (TPSA) is 63.1 Å². The lowest BCUT2D eigenvalue weighted by molar-refractivity contribution is -0.130. The van der Waals surface area contributed by atoms with Crippen molar-refractivity contribution in [2.75, 3.05) is 14.1 Å². The first-order valence-electron chi connectivity index (χ1n) is 6.23. The smallest absolute Gasteiger partial charge is 0.238 e. The van der Waals surface area contributed by atoms with E-state index in [-0.39, 0.29) is 11.9 Å². The summed E-state index contributed by atoms with van der Waals surface area (Å²) in [5.41, 5.74) is 0. The van der Waals surface area contributed by atoms with Crippen molar-refractivity contribution in [2.24, 2.45) is 5.92 Å². The first-order chi connectivity index (χ1) is 8.41. The van der Waals surface area contributed by atoms with Crippen molar-refractivity contribution < 1.29 is 4.79 Å². The first-order valence-corrected chi connectivity index (χ1v) is 6.23. The van der Waals surface area contributed by atoms with E-state index in [1.54, 1.807) is 25.3 Å². The highest BCUT2D eigenvalue weighted by Gasteiger charge is 2.15. The van der Waals surface area contributed by atoms with E-state index in [4.69, 9.17) is 0 Å². The Bertz CT molecular complexity index is 386. The lowest BCUT2D eigenvalue weighted by Gasteiger charge is -2.18. The zero-order valence-corrected chi connectivity index (χ0v) is 11.8. The van der Waals surface area contributed by atoms with Crippen LogP contribution >= 0.6 is 0 Å². The molecule has 1 N–H and O–H groups in total. The van der Waals surface area contributed by atoms with E-state index in [1.165, 1.54) is 0 Å². The Morgan fingerprint density at radius 1 is 1.44 bits per heavy atom. The van der Waals surface area contributed by atoms with Gasteiger partial charge in [0.15, 0.2) is 0 Å². The van der Waals surface area contributed by atoms with E-state index < -0.39 is 0 Å². The summed E-state index contributed by atoms with van der Waals surface area (Å²) in [4.78, 5) is 17.5. The lowest BCUT2D eigenvalue weighted by Crippen LogP contribution is -2.41. The Balaban J connectivity index is 2.53. The van der Waals surface area contributed by atoms with Gasteiger partial charge in [0.25, 0.3) is 0 Å². The monoisotopic (exact) mass is 253 g/mol. The van der Waals surface area contributed by atoms with Crippen LogP contribution in [0.2, 0.25) is 0 Å². The summed E-state index contributed by atoms with van der Waals surface area (Å²) in [6, 6.07) is -0.218. The average Bonchev–Trinajstić information content (AvgIpc) is 2.71. The molecule has 0 aliphatic rings. The van der Waals surface area contributed by atoms with Gasteiger partial charge in [-0.05, 0) is 12.8 Å². The van der Waals surface area contributed by atoms with Gasteiger partial charge >= 0.3 is 0 Å². The highest BCUT2D eigenvalue weighted by atomic mass is 16.2. The quantitative estimate of drug-likeness (QED) is 0.802. The number of hydrogen-bond donors (Lipinski definition) is 1. The third kappa shape index (κ3) is 4.10. The van der Waals surface area contributed by atoms with E-state index in [2.05, 4.69) is 29.2 Å². The standard InChI is InChI=1S/C12H23N5O/c1-9(2)7-17-11(14-8-15-17)6-13-10(3)12(18)16(4)5/h8-10,13H,6-7H2,1-5H3. The van der Waals surface area contributed by atoms with Gasteiger partial charge in [-0.15, -0.1) is 0 Å². The summed E-state index contributed by atoms with van der Waals surface area (Å²) in [5, 5.41) is 7.35. The van der Waals surface area contributed by atoms with Gasteiger partial charge in [0.05, 0.1) is 12.6 Å². The van der Waals surface area contributed by atoms with Crippen molar-refractivity contribution in [1.29, 1.82) is 0 Å². The Kier molecular flexibility index (Phi) is 5.27. The second-order valence-electron chi connectivity index (χ2n) is 5.09. The van der Waals surface area contributed by atoms with Gasteiger partial charge in [0.1, 0.15) is 12.2 Å². The fourth-order valence-electron chi connectivity index (χ4n) is 1.64. The van der Waals surface area contributed by atoms with Crippen LogP contribution in [0.15, 0.2) is 6.33 Å². The summed E-state index contributed by atoms with van der Waals surface area (Å²) in [7, 11) is 3.50. The third-order valence-electron chi connectivity index (χ3n) is 2.61. The summed E-state index contributed by atoms with van der Waals surface area (Å²) in [6.45, 7) is 7.51. The Morgan fingerprint density at radius 3 is 2.67 bits per heavy atom. The average molecular weight is 253 g/mol. The Morgan fingerprint density at radius 2 is 2.11 bits per heavy atom. The molecule has 1 atom stereocenters. The van der Waals surface area contributed by atoms with E-state index in [0.29, 0.717) is 12.5 Å². The molecule has 6 heteroatoms. The molecule has 1 amide bonds. The summed E-state index contributed by atoms with van der Waals surface area (Å²) >= 11 is 0. The zero-order chi connectivity index (χ0) is 13.7. The second kappa shape index (κ2) is 6.49. The molecule has 0 saturated carbocycles. The molecule has 0 aromatic carbocycles. The highest BCUT2D eigenvalue weighted by Crippen LogP contribution is 2.01. The predicted molar refractivity (Wildman–Crippen MR) is 69.9 cm³/mol. The maximum absolute atomic E-state index is 11.7. The van der Waals surface area contributed by atoms with Crippen molar-refractivity contribution >= 4 is 5.91 Å². The van der Waals surface area contributed by atoms with Gasteiger partial charge in [-0.2, -0.15) is 5.10 Å². The van der Waals surface area contributed by atoms with Gasteiger partial charge in [0, 0.05) is 20.6 Å². The minimum atomic E-state index is -0.218. The van der Waals surface area contributed by atoms with Crippen LogP contribution in [-0.2, 0) is 17.9 Å². The van der Waals surface area contributed by atoms with Gasteiger partial charge < -0.3 is 4.90 Å². The molecule has 1 unspecified atom stereocenters. The van der Waals surface area contributed by atoms with Crippen molar-refractivity contribution in [3.8, 4) is 0 Å². The molecule has 0 aliphatic heterocycles. The van der Waals surface area contributed by atoms with Crippen LogP contribution in [-0.4, -0.2) is 45.7 Å². The van der Waals surface area contributed by atoms with E-state index >= 15 is 0 Å². The largest absolute Gasteiger partial charge is 0.347 e. The minimum absolute atomic E-state index is 0.0601. The first kappa shape index (κ1) is 14.6. The molecule has 1 rings (SSSR count). The molecular weight excluding hydrogens is 230 g/mol. The van der Waals surface area contributed by atoms with E-state index in [1.807, 2.05) is 11.6 Å². The molecule has 6 nitrogen and oxygen atoms in total. The van der Waals surface area contributed by atoms with Crippen LogP contribution in [0.3, 0.4) is 0 Å². The van der Waals surface area contributed by atoms with Crippen molar-refractivity contribution in [3.05, 3.63) is 12.2 Å². The SMILES string of the molecule is CC(C)Cn1ncnc1CNC(C)C(=O)N(C)C. The molecule has 0 saturated heterocycles. The molecule has 0 spiro atoms. The number of carbonyl (C=O) groups is 1.